The molecule has 6 nitrogen and oxygen atoms in total. The number of hydrogen-bond acceptors (Lipinski definition) is 5. The average Bonchev–Trinajstić information content (AvgIpc) is 2.91. The van der Waals surface area contributed by atoms with E-state index < -0.39 is 8.32 Å². The van der Waals surface area contributed by atoms with Crippen molar-refractivity contribution in [2.75, 3.05) is 6.54 Å². The maximum absolute atomic E-state index is 12.7. The standard InChI is InChI=1S/C35H50N2O4Si/c1-24-12-13-29(16-25(24)2)21-37-34(40)19-28-11-9-10-27(18-28)17-26(3)36-22-33(41-42(7,8)35(4,5)6)30-14-15-32(39)31(20-30)23-38/h9-16,18,20,26,33,36,38-39H,17,19,21-23H2,1-8H3,(H,37,40)/t26-,33-/m1/s1. The van der Waals surface area contributed by atoms with Gasteiger partial charge in [-0.25, -0.2) is 0 Å². The molecule has 4 N–H and O–H groups in total. The molecule has 7 heteroatoms. The highest BCUT2D eigenvalue weighted by atomic mass is 28.4. The topological polar surface area (TPSA) is 90.8 Å². The van der Waals surface area contributed by atoms with Gasteiger partial charge in [-0.1, -0.05) is 69.3 Å². The zero-order chi connectivity index (χ0) is 31.1. The maximum atomic E-state index is 12.7. The van der Waals surface area contributed by atoms with E-state index in [1.54, 1.807) is 6.07 Å². The van der Waals surface area contributed by atoms with Gasteiger partial charge in [0.1, 0.15) is 5.75 Å². The quantitative estimate of drug-likeness (QED) is 0.168. The fraction of sp³-hybridized carbons (Fsp3) is 0.457. The van der Waals surface area contributed by atoms with Crippen molar-refractivity contribution in [3.63, 3.8) is 0 Å². The van der Waals surface area contributed by atoms with Crippen LogP contribution in [0.3, 0.4) is 0 Å². The van der Waals surface area contributed by atoms with E-state index in [1.807, 2.05) is 24.3 Å². The summed E-state index contributed by atoms with van der Waals surface area (Å²) < 4.78 is 6.83. The third-order valence-electron chi connectivity index (χ3n) is 8.50. The van der Waals surface area contributed by atoms with Crippen LogP contribution < -0.4 is 10.6 Å². The van der Waals surface area contributed by atoms with E-state index in [0.29, 0.717) is 25.1 Å². The van der Waals surface area contributed by atoms with Gasteiger partial charge in [0.15, 0.2) is 8.32 Å². The molecule has 0 saturated carbocycles. The minimum atomic E-state index is -2.10. The van der Waals surface area contributed by atoms with Crippen LogP contribution in [0, 0.1) is 13.8 Å². The second kappa shape index (κ2) is 14.5. The number of hydrogen-bond donors (Lipinski definition) is 4. The summed E-state index contributed by atoms with van der Waals surface area (Å²) in [5.41, 5.74) is 7.19. The molecule has 0 radical (unpaired) electrons. The first kappa shape index (κ1) is 33.5. The molecule has 0 bridgehead atoms. The van der Waals surface area contributed by atoms with Gasteiger partial charge in [-0.2, -0.15) is 0 Å². The van der Waals surface area contributed by atoms with E-state index in [4.69, 9.17) is 4.43 Å². The fourth-order valence-corrected chi connectivity index (χ4v) is 5.94. The zero-order valence-electron chi connectivity index (χ0n) is 26.7. The number of aromatic hydroxyl groups is 1. The first-order valence-electron chi connectivity index (χ1n) is 14.9. The summed E-state index contributed by atoms with van der Waals surface area (Å²) in [7, 11) is -2.10. The molecule has 3 aromatic rings. The molecule has 0 aliphatic rings. The van der Waals surface area contributed by atoms with Crippen molar-refractivity contribution in [1.82, 2.24) is 10.6 Å². The van der Waals surface area contributed by atoms with Crippen molar-refractivity contribution in [2.24, 2.45) is 0 Å². The lowest BCUT2D eigenvalue weighted by molar-refractivity contribution is -0.120. The molecule has 0 aliphatic carbocycles. The molecule has 228 valence electrons. The Kier molecular flexibility index (Phi) is 11.6. The van der Waals surface area contributed by atoms with Gasteiger partial charge < -0.3 is 25.3 Å². The van der Waals surface area contributed by atoms with Gasteiger partial charge in [0.25, 0.3) is 0 Å². The van der Waals surface area contributed by atoms with Crippen molar-refractivity contribution in [3.05, 3.63) is 99.6 Å². The number of nitrogens with one attached hydrogen (secondary N) is 2. The van der Waals surface area contributed by atoms with E-state index in [1.165, 1.54) is 16.7 Å². The number of carbonyl (C=O) groups is 1. The van der Waals surface area contributed by atoms with Gasteiger partial charge in [-0.15, -0.1) is 0 Å². The third kappa shape index (κ3) is 9.53. The molecule has 0 fully saturated rings. The monoisotopic (exact) mass is 590 g/mol. The normalized spacial score (nSPS) is 13.5. The summed E-state index contributed by atoms with van der Waals surface area (Å²) in [5.74, 6) is 0.103. The Bertz CT molecular complexity index is 1350. The number of aliphatic hydroxyl groups is 1. The molecule has 2 atom stereocenters. The van der Waals surface area contributed by atoms with Crippen molar-refractivity contribution < 1.29 is 19.4 Å². The third-order valence-corrected chi connectivity index (χ3v) is 13.0. The van der Waals surface area contributed by atoms with E-state index in [9.17, 15) is 15.0 Å². The highest BCUT2D eigenvalue weighted by Crippen LogP contribution is 2.40. The minimum absolute atomic E-state index is 0.0123. The molecule has 0 saturated heterocycles. The molecule has 3 rings (SSSR count). The zero-order valence-corrected chi connectivity index (χ0v) is 27.7. The number of phenols is 1. The Morgan fingerprint density at radius 2 is 1.67 bits per heavy atom. The number of aryl methyl sites for hydroxylation is 2. The predicted molar refractivity (Wildman–Crippen MR) is 174 cm³/mol. The van der Waals surface area contributed by atoms with Crippen LogP contribution in [0.2, 0.25) is 18.1 Å². The van der Waals surface area contributed by atoms with E-state index >= 15 is 0 Å². The molecular formula is C35H50N2O4Si. The highest BCUT2D eigenvalue weighted by molar-refractivity contribution is 6.74. The summed E-state index contributed by atoms with van der Waals surface area (Å²) in [6.07, 6.45) is 0.936. The van der Waals surface area contributed by atoms with Crippen molar-refractivity contribution >= 4 is 14.2 Å². The predicted octanol–water partition coefficient (Wildman–Crippen LogP) is 6.64. The summed E-state index contributed by atoms with van der Waals surface area (Å²) in [4.78, 5) is 12.7. The van der Waals surface area contributed by atoms with Gasteiger partial charge in [-0.05, 0) is 90.8 Å². The van der Waals surface area contributed by atoms with Crippen LogP contribution in [0.15, 0.2) is 60.7 Å². The first-order valence-corrected chi connectivity index (χ1v) is 17.8. The van der Waals surface area contributed by atoms with Crippen LogP contribution in [0.25, 0.3) is 0 Å². The summed E-state index contributed by atoms with van der Waals surface area (Å²) in [5, 5.41) is 26.6. The second-order valence-electron chi connectivity index (χ2n) is 13.1. The van der Waals surface area contributed by atoms with Crippen molar-refractivity contribution in [1.29, 1.82) is 0 Å². The number of rotatable bonds is 13. The second-order valence-corrected chi connectivity index (χ2v) is 17.9. The Morgan fingerprint density at radius 1 is 0.952 bits per heavy atom. The van der Waals surface area contributed by atoms with Crippen LogP contribution in [-0.2, 0) is 35.2 Å². The van der Waals surface area contributed by atoms with Gasteiger partial charge in [0.05, 0.1) is 19.1 Å². The van der Waals surface area contributed by atoms with E-state index in [0.717, 1.165) is 23.1 Å². The lowest BCUT2D eigenvalue weighted by Gasteiger charge is -2.40. The molecular weight excluding hydrogens is 540 g/mol. The van der Waals surface area contributed by atoms with E-state index in [-0.39, 0.29) is 35.4 Å². The lowest BCUT2D eigenvalue weighted by Crippen LogP contribution is -2.44. The van der Waals surface area contributed by atoms with Crippen LogP contribution >= 0.6 is 0 Å². The molecule has 0 aromatic heterocycles. The van der Waals surface area contributed by atoms with Crippen molar-refractivity contribution in [2.45, 2.75) is 97.8 Å². The fourth-order valence-electron chi connectivity index (χ4n) is 4.65. The average molecular weight is 591 g/mol. The molecule has 0 aliphatic heterocycles. The highest BCUT2D eigenvalue weighted by Gasteiger charge is 2.39. The summed E-state index contributed by atoms with van der Waals surface area (Å²) in [6.45, 7) is 18.4. The lowest BCUT2D eigenvalue weighted by atomic mass is 10.0. The van der Waals surface area contributed by atoms with Crippen LogP contribution in [0.5, 0.6) is 5.75 Å². The molecule has 42 heavy (non-hydrogen) atoms. The Morgan fingerprint density at radius 3 is 2.33 bits per heavy atom. The first-order chi connectivity index (χ1) is 19.7. The van der Waals surface area contributed by atoms with Gasteiger partial charge in [0.2, 0.25) is 5.91 Å². The van der Waals surface area contributed by atoms with Crippen molar-refractivity contribution in [3.8, 4) is 5.75 Å². The number of benzene rings is 3. The summed E-state index contributed by atoms with van der Waals surface area (Å²) in [6, 6.07) is 20.0. The Labute approximate surface area is 253 Å². The Balaban J connectivity index is 1.62. The maximum Gasteiger partial charge on any atom is 0.224 e. The molecule has 0 heterocycles. The van der Waals surface area contributed by atoms with Crippen LogP contribution in [0.1, 0.15) is 72.7 Å². The number of carbonyl (C=O) groups excluding carboxylic acids is 1. The van der Waals surface area contributed by atoms with Gasteiger partial charge in [-0.3, -0.25) is 4.79 Å². The summed E-state index contributed by atoms with van der Waals surface area (Å²) >= 11 is 0. The largest absolute Gasteiger partial charge is 0.508 e. The number of amides is 1. The van der Waals surface area contributed by atoms with Crippen LogP contribution in [-0.4, -0.2) is 37.0 Å². The van der Waals surface area contributed by atoms with Gasteiger partial charge in [0, 0.05) is 24.7 Å². The Hall–Kier alpha value is -2.97. The molecule has 3 aromatic carbocycles. The SMILES string of the molecule is Cc1ccc(CNC(=O)Cc2cccc(C[C@@H](C)NC[C@@H](O[Si](C)(C)C(C)(C)C)c3ccc(O)c(CO)c3)c2)cc1C. The van der Waals surface area contributed by atoms with Gasteiger partial charge >= 0.3 is 0 Å². The molecule has 0 unspecified atom stereocenters. The smallest absolute Gasteiger partial charge is 0.224 e. The van der Waals surface area contributed by atoms with E-state index in [2.05, 4.69) is 95.6 Å². The molecule has 1 amide bonds. The minimum Gasteiger partial charge on any atom is -0.508 e. The molecule has 0 spiro atoms. The van der Waals surface area contributed by atoms with Crippen LogP contribution in [0.4, 0.5) is 0 Å². The number of aliphatic hydroxyl groups excluding tert-OH is 1.